The molecule has 2 saturated carbocycles. The van der Waals surface area contributed by atoms with Gasteiger partial charge in [0, 0.05) is 12.6 Å². The standard InChI is InChI=1S/C16H31NO/c1-2-17-15-11-5-3-4-6-12-16(15)18-13-14-9-7-8-10-14/h14-17H,2-13H2,1H3. The average molecular weight is 253 g/mol. The van der Waals surface area contributed by atoms with Gasteiger partial charge in [0.1, 0.15) is 0 Å². The SMILES string of the molecule is CCNC1CCCCCCC1OCC1CCCC1. The van der Waals surface area contributed by atoms with Crippen molar-refractivity contribution in [1.29, 1.82) is 0 Å². The van der Waals surface area contributed by atoms with Crippen LogP contribution in [-0.4, -0.2) is 25.3 Å². The van der Waals surface area contributed by atoms with Gasteiger partial charge in [-0.05, 0) is 38.1 Å². The maximum atomic E-state index is 6.31. The van der Waals surface area contributed by atoms with Crippen LogP contribution in [0.4, 0.5) is 0 Å². The Hall–Kier alpha value is -0.0800. The zero-order valence-corrected chi connectivity index (χ0v) is 12.1. The monoisotopic (exact) mass is 253 g/mol. The first-order valence-electron chi connectivity index (χ1n) is 8.25. The Morgan fingerprint density at radius 3 is 2.28 bits per heavy atom. The molecule has 0 heterocycles. The molecule has 0 amide bonds. The lowest BCUT2D eigenvalue weighted by Gasteiger charge is -2.31. The topological polar surface area (TPSA) is 21.3 Å². The number of ether oxygens (including phenoxy) is 1. The minimum absolute atomic E-state index is 0.478. The zero-order valence-electron chi connectivity index (χ0n) is 12.1. The molecule has 2 aliphatic rings. The van der Waals surface area contributed by atoms with Crippen LogP contribution in [0.5, 0.6) is 0 Å². The molecule has 1 N–H and O–H groups in total. The molecule has 0 aliphatic heterocycles. The van der Waals surface area contributed by atoms with E-state index in [-0.39, 0.29) is 0 Å². The van der Waals surface area contributed by atoms with E-state index in [0.717, 1.165) is 19.1 Å². The van der Waals surface area contributed by atoms with E-state index in [0.29, 0.717) is 12.1 Å². The lowest BCUT2D eigenvalue weighted by Crippen LogP contribution is -2.42. The first kappa shape index (κ1) is 14.3. The van der Waals surface area contributed by atoms with Crippen LogP contribution in [0.25, 0.3) is 0 Å². The summed E-state index contributed by atoms with van der Waals surface area (Å²) in [6.07, 6.45) is 14.3. The van der Waals surface area contributed by atoms with Gasteiger partial charge in [0.05, 0.1) is 6.10 Å². The molecule has 0 spiro atoms. The van der Waals surface area contributed by atoms with Crippen LogP contribution in [0, 0.1) is 5.92 Å². The first-order chi connectivity index (χ1) is 8.90. The van der Waals surface area contributed by atoms with Crippen molar-refractivity contribution >= 4 is 0 Å². The van der Waals surface area contributed by atoms with Gasteiger partial charge in [-0.15, -0.1) is 0 Å². The molecular formula is C16H31NO. The molecule has 18 heavy (non-hydrogen) atoms. The van der Waals surface area contributed by atoms with Crippen LogP contribution in [0.15, 0.2) is 0 Å². The van der Waals surface area contributed by atoms with Crippen molar-refractivity contribution in [2.24, 2.45) is 5.92 Å². The Morgan fingerprint density at radius 2 is 1.56 bits per heavy atom. The summed E-state index contributed by atoms with van der Waals surface area (Å²) < 4.78 is 6.31. The molecule has 2 fully saturated rings. The number of likely N-dealkylation sites (N-methyl/N-ethyl adjacent to an activating group) is 1. The average Bonchev–Trinajstić information content (AvgIpc) is 2.85. The molecule has 106 valence electrons. The molecule has 0 radical (unpaired) electrons. The van der Waals surface area contributed by atoms with Crippen LogP contribution in [-0.2, 0) is 4.74 Å². The van der Waals surface area contributed by atoms with Crippen LogP contribution >= 0.6 is 0 Å². The number of rotatable bonds is 5. The molecule has 0 aromatic rings. The first-order valence-corrected chi connectivity index (χ1v) is 8.25. The summed E-state index contributed by atoms with van der Waals surface area (Å²) in [7, 11) is 0. The van der Waals surface area contributed by atoms with Crippen molar-refractivity contribution in [1.82, 2.24) is 5.32 Å². The molecule has 0 bridgehead atoms. The molecule has 2 unspecified atom stereocenters. The van der Waals surface area contributed by atoms with Crippen molar-refractivity contribution in [2.75, 3.05) is 13.2 Å². The summed E-state index contributed by atoms with van der Waals surface area (Å²) in [5, 5.41) is 3.65. The molecule has 0 aromatic heterocycles. The predicted octanol–water partition coefficient (Wildman–Crippen LogP) is 3.89. The number of hydrogen-bond acceptors (Lipinski definition) is 2. The Balaban J connectivity index is 1.79. The number of nitrogens with one attached hydrogen (secondary N) is 1. The second-order valence-electron chi connectivity index (χ2n) is 6.18. The molecule has 2 aliphatic carbocycles. The van der Waals surface area contributed by atoms with Crippen molar-refractivity contribution in [3.05, 3.63) is 0 Å². The highest BCUT2D eigenvalue weighted by molar-refractivity contribution is 4.80. The van der Waals surface area contributed by atoms with Gasteiger partial charge in [0.2, 0.25) is 0 Å². The molecule has 0 saturated heterocycles. The molecule has 2 heteroatoms. The van der Waals surface area contributed by atoms with Crippen LogP contribution in [0.1, 0.15) is 71.1 Å². The Labute approximate surface area is 113 Å². The Kier molecular flexibility index (Phi) is 6.50. The Morgan fingerprint density at radius 1 is 0.889 bits per heavy atom. The molecule has 2 atom stereocenters. The van der Waals surface area contributed by atoms with Crippen molar-refractivity contribution < 1.29 is 4.74 Å². The summed E-state index contributed by atoms with van der Waals surface area (Å²) in [5.74, 6) is 0.859. The smallest absolute Gasteiger partial charge is 0.0728 e. The number of hydrogen-bond donors (Lipinski definition) is 1. The summed E-state index contributed by atoms with van der Waals surface area (Å²) >= 11 is 0. The van der Waals surface area contributed by atoms with E-state index in [9.17, 15) is 0 Å². The lowest BCUT2D eigenvalue weighted by atomic mass is 9.94. The highest BCUT2D eigenvalue weighted by Gasteiger charge is 2.24. The second kappa shape index (κ2) is 8.16. The van der Waals surface area contributed by atoms with Crippen molar-refractivity contribution in [3.8, 4) is 0 Å². The van der Waals surface area contributed by atoms with Gasteiger partial charge >= 0.3 is 0 Å². The molecular weight excluding hydrogens is 222 g/mol. The van der Waals surface area contributed by atoms with Gasteiger partial charge in [0.15, 0.2) is 0 Å². The van der Waals surface area contributed by atoms with E-state index >= 15 is 0 Å². The fraction of sp³-hybridized carbons (Fsp3) is 1.00. The van der Waals surface area contributed by atoms with Crippen molar-refractivity contribution in [2.45, 2.75) is 83.3 Å². The summed E-state index contributed by atoms with van der Waals surface area (Å²) in [6.45, 7) is 4.31. The Bertz CT molecular complexity index is 213. The van der Waals surface area contributed by atoms with Gasteiger partial charge < -0.3 is 10.1 Å². The summed E-state index contributed by atoms with van der Waals surface area (Å²) in [5.41, 5.74) is 0. The molecule has 0 aromatic carbocycles. The van der Waals surface area contributed by atoms with E-state index in [4.69, 9.17) is 4.74 Å². The fourth-order valence-corrected chi connectivity index (χ4v) is 3.58. The lowest BCUT2D eigenvalue weighted by molar-refractivity contribution is -0.00381. The summed E-state index contributed by atoms with van der Waals surface area (Å²) in [4.78, 5) is 0. The minimum Gasteiger partial charge on any atom is -0.376 e. The largest absolute Gasteiger partial charge is 0.376 e. The quantitative estimate of drug-likeness (QED) is 0.802. The fourth-order valence-electron chi connectivity index (χ4n) is 3.58. The third kappa shape index (κ3) is 4.55. The highest BCUT2D eigenvalue weighted by atomic mass is 16.5. The minimum atomic E-state index is 0.478. The van der Waals surface area contributed by atoms with E-state index in [1.807, 2.05) is 0 Å². The van der Waals surface area contributed by atoms with E-state index in [1.165, 1.54) is 64.2 Å². The molecule has 2 nitrogen and oxygen atoms in total. The van der Waals surface area contributed by atoms with E-state index in [1.54, 1.807) is 0 Å². The van der Waals surface area contributed by atoms with E-state index < -0.39 is 0 Å². The van der Waals surface area contributed by atoms with Gasteiger partial charge in [-0.3, -0.25) is 0 Å². The zero-order chi connectivity index (χ0) is 12.6. The normalized spacial score (nSPS) is 31.2. The van der Waals surface area contributed by atoms with Crippen LogP contribution in [0.3, 0.4) is 0 Å². The molecule has 2 rings (SSSR count). The van der Waals surface area contributed by atoms with Crippen LogP contribution in [0.2, 0.25) is 0 Å². The third-order valence-electron chi connectivity index (χ3n) is 4.69. The third-order valence-corrected chi connectivity index (χ3v) is 4.69. The van der Waals surface area contributed by atoms with Gasteiger partial charge in [-0.25, -0.2) is 0 Å². The van der Waals surface area contributed by atoms with Crippen LogP contribution < -0.4 is 5.32 Å². The second-order valence-corrected chi connectivity index (χ2v) is 6.18. The van der Waals surface area contributed by atoms with Gasteiger partial charge in [-0.1, -0.05) is 45.4 Å². The maximum Gasteiger partial charge on any atom is 0.0728 e. The summed E-state index contributed by atoms with van der Waals surface area (Å²) in [6, 6.07) is 0.608. The predicted molar refractivity (Wildman–Crippen MR) is 76.9 cm³/mol. The van der Waals surface area contributed by atoms with Gasteiger partial charge in [-0.2, -0.15) is 0 Å². The maximum absolute atomic E-state index is 6.31. The van der Waals surface area contributed by atoms with E-state index in [2.05, 4.69) is 12.2 Å². The van der Waals surface area contributed by atoms with Crippen molar-refractivity contribution in [3.63, 3.8) is 0 Å². The highest BCUT2D eigenvalue weighted by Crippen LogP contribution is 2.27. The van der Waals surface area contributed by atoms with Gasteiger partial charge in [0.25, 0.3) is 0 Å².